The Labute approximate surface area is 168 Å². The molecule has 0 spiro atoms. The van der Waals surface area contributed by atoms with Crippen LogP contribution in [0.5, 0.6) is 11.5 Å². The lowest BCUT2D eigenvalue weighted by atomic mass is 9.96. The third kappa shape index (κ3) is 5.46. The predicted octanol–water partition coefficient (Wildman–Crippen LogP) is 2.96. The van der Waals surface area contributed by atoms with Crippen molar-refractivity contribution in [3.8, 4) is 22.6 Å². The molecule has 0 aliphatic heterocycles. The zero-order valence-electron chi connectivity index (χ0n) is 15.9. The van der Waals surface area contributed by atoms with Gasteiger partial charge in [0.2, 0.25) is 5.91 Å². The largest absolute Gasteiger partial charge is 0.507 e. The van der Waals surface area contributed by atoms with Crippen LogP contribution in [0.3, 0.4) is 0 Å². The lowest BCUT2D eigenvalue weighted by Gasteiger charge is -2.16. The summed E-state index contributed by atoms with van der Waals surface area (Å²) in [7, 11) is 0. The van der Waals surface area contributed by atoms with Crippen LogP contribution in [0.1, 0.15) is 17.5 Å². The van der Waals surface area contributed by atoms with Crippen molar-refractivity contribution in [1.29, 1.82) is 0 Å². The summed E-state index contributed by atoms with van der Waals surface area (Å²) in [5.41, 5.74) is 7.83. The molecule has 0 saturated carbocycles. The van der Waals surface area contributed by atoms with Gasteiger partial charge in [-0.1, -0.05) is 18.2 Å². The van der Waals surface area contributed by atoms with Crippen molar-refractivity contribution in [2.45, 2.75) is 25.3 Å². The maximum Gasteiger partial charge on any atom is 0.321 e. The molecule has 0 saturated heterocycles. The number of allylic oxidation sites excluding steroid dienone is 2. The lowest BCUT2D eigenvalue weighted by Crippen LogP contribution is -2.34. The van der Waals surface area contributed by atoms with Crippen molar-refractivity contribution in [2.24, 2.45) is 5.73 Å². The van der Waals surface area contributed by atoms with Crippen LogP contribution in [-0.2, 0) is 22.4 Å². The zero-order chi connectivity index (χ0) is 21.6. The van der Waals surface area contributed by atoms with E-state index in [0.29, 0.717) is 24.0 Å². The molecule has 2 aromatic carbocycles. The second-order valence-corrected chi connectivity index (χ2v) is 6.57. The van der Waals surface area contributed by atoms with E-state index in [-0.39, 0.29) is 17.2 Å². The molecule has 0 fully saturated rings. The predicted molar refractivity (Wildman–Crippen MR) is 112 cm³/mol. The fraction of sp³-hybridized carbons (Fsp3) is 0.182. The molecule has 1 unspecified atom stereocenters. The molecule has 0 heterocycles. The van der Waals surface area contributed by atoms with E-state index < -0.39 is 24.3 Å². The minimum atomic E-state index is -1.35. The first-order chi connectivity index (χ1) is 13.8. The molecule has 2 aromatic rings. The van der Waals surface area contributed by atoms with Gasteiger partial charge in [0.1, 0.15) is 17.5 Å². The van der Waals surface area contributed by atoms with E-state index in [1.807, 2.05) is 0 Å². The van der Waals surface area contributed by atoms with Crippen LogP contribution in [0.15, 0.2) is 55.6 Å². The van der Waals surface area contributed by atoms with Gasteiger partial charge < -0.3 is 26.4 Å². The minimum absolute atomic E-state index is 0.0333. The second kappa shape index (κ2) is 9.57. The van der Waals surface area contributed by atoms with Crippen LogP contribution in [-0.4, -0.2) is 33.2 Å². The van der Waals surface area contributed by atoms with Gasteiger partial charge in [-0.3, -0.25) is 9.59 Å². The number of benzene rings is 2. The Balaban J connectivity index is 2.50. The van der Waals surface area contributed by atoms with Crippen molar-refractivity contribution in [1.82, 2.24) is 0 Å². The van der Waals surface area contributed by atoms with E-state index in [2.05, 4.69) is 18.5 Å². The molecular weight excluding hydrogens is 372 g/mol. The number of phenolic OH excluding ortho intramolecular Hbond substituents is 2. The Morgan fingerprint density at radius 3 is 2.28 bits per heavy atom. The van der Waals surface area contributed by atoms with Gasteiger partial charge in [-0.25, -0.2) is 0 Å². The Hall–Kier alpha value is -3.58. The normalized spacial score (nSPS) is 11.5. The summed E-state index contributed by atoms with van der Waals surface area (Å²) >= 11 is 0. The third-order valence-electron chi connectivity index (χ3n) is 4.28. The number of hydrogen-bond acceptors (Lipinski definition) is 5. The average molecular weight is 396 g/mol. The highest BCUT2D eigenvalue weighted by atomic mass is 16.4. The highest BCUT2D eigenvalue weighted by molar-refractivity contribution is 5.97. The number of carbonyl (C=O) groups excluding carboxylic acids is 1. The van der Waals surface area contributed by atoms with Crippen molar-refractivity contribution >= 4 is 17.6 Å². The van der Waals surface area contributed by atoms with Gasteiger partial charge >= 0.3 is 5.97 Å². The van der Waals surface area contributed by atoms with Crippen LogP contribution in [0.4, 0.5) is 5.69 Å². The number of anilines is 1. The van der Waals surface area contributed by atoms with E-state index >= 15 is 0 Å². The molecular formula is C22H24N2O5. The van der Waals surface area contributed by atoms with Gasteiger partial charge in [0.05, 0.1) is 12.1 Å². The Kier molecular flexibility index (Phi) is 7.16. The number of hydrogen-bond donors (Lipinski definition) is 5. The number of carboxylic acids is 1. The van der Waals surface area contributed by atoms with Gasteiger partial charge in [0.15, 0.2) is 0 Å². The van der Waals surface area contributed by atoms with Crippen molar-refractivity contribution in [3.05, 3.63) is 66.8 Å². The number of carboxylic acid groups (broad SMARTS) is 1. The summed E-state index contributed by atoms with van der Waals surface area (Å²) in [5, 5.41) is 32.4. The molecule has 0 radical (unpaired) electrons. The van der Waals surface area contributed by atoms with E-state index in [9.17, 15) is 19.8 Å². The smallest absolute Gasteiger partial charge is 0.321 e. The van der Waals surface area contributed by atoms with Crippen molar-refractivity contribution < 1.29 is 24.9 Å². The fourth-order valence-corrected chi connectivity index (χ4v) is 2.86. The van der Waals surface area contributed by atoms with E-state index in [1.54, 1.807) is 36.4 Å². The molecule has 7 heteroatoms. The molecule has 2 rings (SSSR count). The fourth-order valence-electron chi connectivity index (χ4n) is 2.86. The maximum absolute atomic E-state index is 12.2. The topological polar surface area (TPSA) is 133 Å². The van der Waals surface area contributed by atoms with Crippen LogP contribution < -0.4 is 11.1 Å². The SMILES string of the molecule is C=CCc1ccc(O)c(-c2cc(CC=C)cc(NC(=O)CC(N)C(=O)O)c2O)c1. The molecule has 0 aliphatic carbocycles. The first kappa shape index (κ1) is 21.7. The molecule has 0 aromatic heterocycles. The van der Waals surface area contributed by atoms with Gasteiger partial charge in [-0.15, -0.1) is 13.2 Å². The van der Waals surface area contributed by atoms with Crippen LogP contribution in [0.2, 0.25) is 0 Å². The van der Waals surface area contributed by atoms with Crippen LogP contribution >= 0.6 is 0 Å². The summed E-state index contributed by atoms with van der Waals surface area (Å²) in [4.78, 5) is 23.0. The molecule has 1 amide bonds. The second-order valence-electron chi connectivity index (χ2n) is 6.57. The van der Waals surface area contributed by atoms with Crippen molar-refractivity contribution in [3.63, 3.8) is 0 Å². The van der Waals surface area contributed by atoms with E-state index in [1.165, 1.54) is 6.07 Å². The quantitative estimate of drug-likeness (QED) is 0.327. The number of carbonyl (C=O) groups is 2. The molecule has 1 atom stereocenters. The maximum atomic E-state index is 12.2. The minimum Gasteiger partial charge on any atom is -0.507 e. The summed E-state index contributed by atoms with van der Waals surface area (Å²) in [6.07, 6.45) is 3.97. The number of phenols is 2. The number of nitrogens with two attached hydrogens (primary N) is 1. The third-order valence-corrected chi connectivity index (χ3v) is 4.28. The first-order valence-electron chi connectivity index (χ1n) is 8.95. The molecule has 0 bridgehead atoms. The summed E-state index contributed by atoms with van der Waals surface area (Å²) in [6, 6.07) is 6.92. The number of rotatable bonds is 9. The summed E-state index contributed by atoms with van der Waals surface area (Å²) in [6.45, 7) is 7.39. The van der Waals surface area contributed by atoms with E-state index in [0.717, 1.165) is 11.1 Å². The molecule has 152 valence electrons. The Bertz CT molecular complexity index is 952. The van der Waals surface area contributed by atoms with Crippen molar-refractivity contribution in [2.75, 3.05) is 5.32 Å². The standard InChI is InChI=1S/C22H24N2O5/c1-3-5-13-7-8-19(25)15(9-13)16-10-14(6-4-2)11-18(21(16)27)24-20(26)12-17(23)22(28)29/h3-4,7-11,17,25,27H,1-2,5-6,12,23H2,(H,24,26)(H,28,29). The average Bonchev–Trinajstić information content (AvgIpc) is 2.66. The summed E-state index contributed by atoms with van der Waals surface area (Å²) < 4.78 is 0. The number of aromatic hydroxyl groups is 2. The number of nitrogens with one attached hydrogen (secondary N) is 1. The Morgan fingerprint density at radius 2 is 1.66 bits per heavy atom. The highest BCUT2D eigenvalue weighted by Gasteiger charge is 2.20. The molecule has 7 nitrogen and oxygen atoms in total. The monoisotopic (exact) mass is 396 g/mol. The molecule has 6 N–H and O–H groups in total. The molecule has 29 heavy (non-hydrogen) atoms. The van der Waals surface area contributed by atoms with Crippen LogP contribution in [0.25, 0.3) is 11.1 Å². The first-order valence-corrected chi connectivity index (χ1v) is 8.95. The Morgan fingerprint density at radius 1 is 1.03 bits per heavy atom. The van der Waals surface area contributed by atoms with Gasteiger partial charge in [-0.05, 0) is 48.2 Å². The summed E-state index contributed by atoms with van der Waals surface area (Å²) in [5.74, 6) is -2.23. The highest BCUT2D eigenvalue weighted by Crippen LogP contribution is 2.41. The number of amides is 1. The zero-order valence-corrected chi connectivity index (χ0v) is 15.9. The van der Waals surface area contributed by atoms with Gasteiger partial charge in [-0.2, -0.15) is 0 Å². The van der Waals surface area contributed by atoms with Gasteiger partial charge in [0, 0.05) is 11.1 Å². The lowest BCUT2D eigenvalue weighted by molar-refractivity contribution is -0.140. The number of aliphatic carboxylic acids is 1. The van der Waals surface area contributed by atoms with Gasteiger partial charge in [0.25, 0.3) is 0 Å². The van der Waals surface area contributed by atoms with E-state index in [4.69, 9.17) is 10.8 Å². The molecule has 0 aliphatic rings. The van der Waals surface area contributed by atoms with Crippen LogP contribution in [0, 0.1) is 0 Å².